The van der Waals surface area contributed by atoms with Crippen molar-refractivity contribution in [2.45, 2.75) is 46.3 Å². The number of hydrogen-bond donors (Lipinski definition) is 1. The van der Waals surface area contributed by atoms with Crippen molar-refractivity contribution in [3.8, 4) is 5.75 Å². The highest BCUT2D eigenvalue weighted by Crippen LogP contribution is 2.26. The van der Waals surface area contributed by atoms with Gasteiger partial charge in [-0.15, -0.1) is 0 Å². The van der Waals surface area contributed by atoms with E-state index in [-0.39, 0.29) is 11.9 Å². The van der Waals surface area contributed by atoms with E-state index in [1.165, 1.54) is 5.56 Å². The Morgan fingerprint density at radius 1 is 0.862 bits per heavy atom. The van der Waals surface area contributed by atoms with E-state index in [1.54, 1.807) is 0 Å². The van der Waals surface area contributed by atoms with Crippen molar-refractivity contribution < 1.29 is 9.53 Å². The van der Waals surface area contributed by atoms with Crippen LogP contribution in [0, 0.1) is 20.8 Å². The number of aryl methyl sites for hydroxylation is 3. The summed E-state index contributed by atoms with van der Waals surface area (Å²) in [5.74, 6) is 0.616. The minimum atomic E-state index is -0.549. The number of carbonyl (C=O) groups excluding carboxylic acids is 1. The average molecular weight is 388 g/mol. The summed E-state index contributed by atoms with van der Waals surface area (Å²) in [5.41, 5.74) is 5.65. The van der Waals surface area contributed by atoms with Gasteiger partial charge in [0.15, 0.2) is 6.10 Å². The molecule has 2 atom stereocenters. The number of hydrogen-bond acceptors (Lipinski definition) is 2. The molecule has 3 nitrogen and oxygen atoms in total. The van der Waals surface area contributed by atoms with Gasteiger partial charge in [0, 0.05) is 0 Å². The summed E-state index contributed by atoms with van der Waals surface area (Å²) in [5, 5.41) is 3.22. The van der Waals surface area contributed by atoms with Crippen LogP contribution in [0.4, 0.5) is 0 Å². The van der Waals surface area contributed by atoms with Crippen LogP contribution in [-0.4, -0.2) is 12.0 Å². The van der Waals surface area contributed by atoms with Crippen LogP contribution in [0.1, 0.15) is 47.2 Å². The maximum absolute atomic E-state index is 13.2. The summed E-state index contributed by atoms with van der Waals surface area (Å²) in [6.45, 7) is 8.15. The quantitative estimate of drug-likeness (QED) is 0.567. The Morgan fingerprint density at radius 3 is 2.21 bits per heavy atom. The van der Waals surface area contributed by atoms with Crippen molar-refractivity contribution in [1.82, 2.24) is 5.32 Å². The molecule has 29 heavy (non-hydrogen) atoms. The Hall–Kier alpha value is -3.07. The number of amides is 1. The number of rotatable bonds is 7. The molecular weight excluding hydrogens is 358 g/mol. The molecule has 3 heteroatoms. The third-order valence-electron chi connectivity index (χ3n) is 5.34. The fourth-order valence-corrected chi connectivity index (χ4v) is 3.41. The fraction of sp³-hybridized carbons (Fsp3) is 0.269. The SMILES string of the molecule is CC[C@@H](Oc1ccc(C)c(C)c1)C(=O)N[C@H](c1ccccc1)c1ccccc1C. The predicted molar refractivity (Wildman–Crippen MR) is 118 cm³/mol. The molecule has 0 aliphatic rings. The van der Waals surface area contributed by atoms with Gasteiger partial charge in [-0.05, 0) is 67.1 Å². The number of benzene rings is 3. The molecule has 0 aliphatic carbocycles. The molecule has 0 unspecified atom stereocenters. The molecule has 0 radical (unpaired) electrons. The molecule has 0 saturated heterocycles. The van der Waals surface area contributed by atoms with Gasteiger partial charge in [0.2, 0.25) is 0 Å². The lowest BCUT2D eigenvalue weighted by Gasteiger charge is -2.25. The number of nitrogens with one attached hydrogen (secondary N) is 1. The third kappa shape index (κ3) is 5.05. The first-order chi connectivity index (χ1) is 14.0. The summed E-state index contributed by atoms with van der Waals surface area (Å²) in [6, 6.07) is 23.9. The van der Waals surface area contributed by atoms with E-state index in [0.717, 1.165) is 28.0 Å². The second-order valence-corrected chi connectivity index (χ2v) is 7.47. The van der Waals surface area contributed by atoms with E-state index >= 15 is 0 Å². The van der Waals surface area contributed by atoms with Crippen LogP contribution in [0.5, 0.6) is 5.75 Å². The molecule has 0 bridgehead atoms. The van der Waals surface area contributed by atoms with Crippen LogP contribution in [0.2, 0.25) is 0 Å². The topological polar surface area (TPSA) is 38.3 Å². The lowest BCUT2D eigenvalue weighted by Crippen LogP contribution is -2.40. The Bertz CT molecular complexity index is 965. The molecule has 0 fully saturated rings. The van der Waals surface area contributed by atoms with Gasteiger partial charge in [0.05, 0.1) is 6.04 Å². The van der Waals surface area contributed by atoms with Crippen molar-refractivity contribution in [2.75, 3.05) is 0 Å². The van der Waals surface area contributed by atoms with Gasteiger partial charge in [-0.1, -0.05) is 67.6 Å². The molecular formula is C26H29NO2. The highest BCUT2D eigenvalue weighted by Gasteiger charge is 2.24. The first kappa shape index (κ1) is 20.7. The van der Waals surface area contributed by atoms with Gasteiger partial charge in [0.25, 0.3) is 5.91 Å². The van der Waals surface area contributed by atoms with Gasteiger partial charge in [0.1, 0.15) is 5.75 Å². The zero-order valence-corrected chi connectivity index (χ0v) is 17.6. The molecule has 3 rings (SSSR count). The maximum atomic E-state index is 13.2. The van der Waals surface area contributed by atoms with Crippen LogP contribution < -0.4 is 10.1 Å². The van der Waals surface area contributed by atoms with Gasteiger partial charge < -0.3 is 10.1 Å². The van der Waals surface area contributed by atoms with Crippen LogP contribution in [0.15, 0.2) is 72.8 Å². The largest absolute Gasteiger partial charge is 0.481 e. The highest BCUT2D eigenvalue weighted by molar-refractivity contribution is 5.82. The summed E-state index contributed by atoms with van der Waals surface area (Å²) < 4.78 is 6.05. The first-order valence-electron chi connectivity index (χ1n) is 10.1. The maximum Gasteiger partial charge on any atom is 0.261 e. The normalized spacial score (nSPS) is 12.8. The molecule has 0 aliphatic heterocycles. The highest BCUT2D eigenvalue weighted by atomic mass is 16.5. The summed E-state index contributed by atoms with van der Waals surface area (Å²) in [4.78, 5) is 13.2. The summed E-state index contributed by atoms with van der Waals surface area (Å²) in [7, 11) is 0. The van der Waals surface area contributed by atoms with E-state index in [9.17, 15) is 4.79 Å². The second-order valence-electron chi connectivity index (χ2n) is 7.47. The van der Waals surface area contributed by atoms with Crippen molar-refractivity contribution in [3.63, 3.8) is 0 Å². The summed E-state index contributed by atoms with van der Waals surface area (Å²) >= 11 is 0. The zero-order valence-electron chi connectivity index (χ0n) is 17.6. The van der Waals surface area contributed by atoms with Crippen molar-refractivity contribution in [2.24, 2.45) is 0 Å². The molecule has 0 spiro atoms. The standard InChI is InChI=1S/C26H29NO2/c1-5-24(29-22-16-15-18(2)20(4)17-22)26(28)27-25(21-12-7-6-8-13-21)23-14-10-9-11-19(23)3/h6-17,24-25H,5H2,1-4H3,(H,27,28)/t24-,25-/m1/s1. The van der Waals surface area contributed by atoms with Crippen LogP contribution in [-0.2, 0) is 4.79 Å². The first-order valence-corrected chi connectivity index (χ1v) is 10.1. The van der Waals surface area contributed by atoms with Crippen molar-refractivity contribution >= 4 is 5.91 Å². The lowest BCUT2D eigenvalue weighted by atomic mass is 9.94. The predicted octanol–water partition coefficient (Wildman–Crippen LogP) is 5.68. The molecule has 0 saturated carbocycles. The minimum Gasteiger partial charge on any atom is -0.481 e. The molecule has 1 amide bonds. The molecule has 0 aromatic heterocycles. The number of carbonyl (C=O) groups is 1. The van der Waals surface area contributed by atoms with Crippen LogP contribution in [0.3, 0.4) is 0 Å². The fourth-order valence-electron chi connectivity index (χ4n) is 3.41. The Labute approximate surface area is 173 Å². The molecule has 0 heterocycles. The lowest BCUT2D eigenvalue weighted by molar-refractivity contribution is -0.128. The van der Waals surface area contributed by atoms with E-state index in [4.69, 9.17) is 4.74 Å². The van der Waals surface area contributed by atoms with E-state index in [2.05, 4.69) is 31.3 Å². The molecule has 3 aromatic rings. The van der Waals surface area contributed by atoms with Crippen molar-refractivity contribution in [3.05, 3.63) is 101 Å². The summed E-state index contributed by atoms with van der Waals surface area (Å²) in [6.07, 6.45) is 0.0425. The Morgan fingerprint density at radius 2 is 1.55 bits per heavy atom. The molecule has 150 valence electrons. The Kier molecular flexibility index (Phi) is 6.71. The monoisotopic (exact) mass is 387 g/mol. The van der Waals surface area contributed by atoms with Gasteiger partial charge in [-0.3, -0.25) is 4.79 Å². The van der Waals surface area contributed by atoms with E-state index in [1.807, 2.05) is 74.5 Å². The van der Waals surface area contributed by atoms with Gasteiger partial charge >= 0.3 is 0 Å². The van der Waals surface area contributed by atoms with Crippen LogP contribution in [0.25, 0.3) is 0 Å². The second kappa shape index (κ2) is 9.42. The van der Waals surface area contributed by atoms with Crippen molar-refractivity contribution in [1.29, 1.82) is 0 Å². The minimum absolute atomic E-state index is 0.108. The molecule has 3 aromatic carbocycles. The molecule has 1 N–H and O–H groups in total. The van der Waals surface area contributed by atoms with E-state index < -0.39 is 6.10 Å². The van der Waals surface area contributed by atoms with Crippen LogP contribution >= 0.6 is 0 Å². The van der Waals surface area contributed by atoms with Gasteiger partial charge in [-0.25, -0.2) is 0 Å². The van der Waals surface area contributed by atoms with Gasteiger partial charge in [-0.2, -0.15) is 0 Å². The Balaban J connectivity index is 1.85. The number of ether oxygens (including phenoxy) is 1. The average Bonchev–Trinajstić information content (AvgIpc) is 2.74. The smallest absolute Gasteiger partial charge is 0.261 e. The third-order valence-corrected chi connectivity index (χ3v) is 5.34. The van der Waals surface area contributed by atoms with E-state index in [0.29, 0.717) is 6.42 Å². The zero-order chi connectivity index (χ0) is 20.8.